The molecule has 2 aliphatic heterocycles. The van der Waals surface area contributed by atoms with E-state index in [9.17, 15) is 9.59 Å². The molecule has 2 aromatic heterocycles. The van der Waals surface area contributed by atoms with Gasteiger partial charge in [-0.3, -0.25) is 9.59 Å². The van der Waals surface area contributed by atoms with Gasteiger partial charge in [-0.2, -0.15) is 0 Å². The third-order valence-corrected chi connectivity index (χ3v) is 5.52. The van der Waals surface area contributed by atoms with Crippen LogP contribution in [0.15, 0.2) is 53.1 Å². The van der Waals surface area contributed by atoms with Crippen molar-refractivity contribution in [2.24, 2.45) is 11.8 Å². The van der Waals surface area contributed by atoms with Crippen LogP contribution in [0.4, 0.5) is 5.69 Å². The molecular weight excluding hydrogens is 358 g/mol. The highest BCUT2D eigenvalue weighted by molar-refractivity contribution is 6.01. The smallest absolute Gasteiger partial charge is 0.293 e. The number of fused-ring (bicyclic) bond motifs is 2. The molecule has 0 bridgehead atoms. The normalized spacial score (nSPS) is 20.5. The summed E-state index contributed by atoms with van der Waals surface area (Å²) in [6.45, 7) is 1.94. The number of nitrogens with zero attached hydrogens (tertiary/aromatic N) is 4. The lowest BCUT2D eigenvalue weighted by molar-refractivity contribution is 0.0751. The SMILES string of the molecule is O=C(Nc1ccccc1)c1nnc2n1C[C@@H]1CN(C(=O)c3ccco3)C[C@@H]1C2. The molecule has 0 aliphatic carbocycles. The highest BCUT2D eigenvalue weighted by Gasteiger charge is 2.41. The van der Waals surface area contributed by atoms with E-state index in [0.717, 1.165) is 11.5 Å². The molecule has 0 saturated carbocycles. The fourth-order valence-electron chi connectivity index (χ4n) is 4.12. The Morgan fingerprint density at radius 3 is 2.61 bits per heavy atom. The summed E-state index contributed by atoms with van der Waals surface area (Å²) in [6.07, 6.45) is 2.22. The maximum Gasteiger partial charge on any atom is 0.293 e. The maximum atomic E-state index is 12.7. The third-order valence-electron chi connectivity index (χ3n) is 5.52. The average molecular weight is 377 g/mol. The Kier molecular flexibility index (Phi) is 3.96. The second kappa shape index (κ2) is 6.63. The van der Waals surface area contributed by atoms with Crippen molar-refractivity contribution in [3.63, 3.8) is 0 Å². The molecule has 4 heterocycles. The number of nitrogens with one attached hydrogen (secondary N) is 1. The van der Waals surface area contributed by atoms with E-state index in [1.54, 1.807) is 12.1 Å². The quantitative estimate of drug-likeness (QED) is 0.754. The van der Waals surface area contributed by atoms with E-state index in [0.29, 0.717) is 43.6 Å². The van der Waals surface area contributed by atoms with Crippen LogP contribution in [-0.2, 0) is 13.0 Å². The molecule has 0 radical (unpaired) electrons. The van der Waals surface area contributed by atoms with E-state index < -0.39 is 0 Å². The van der Waals surface area contributed by atoms with Gasteiger partial charge < -0.3 is 19.2 Å². The Morgan fingerprint density at radius 2 is 1.82 bits per heavy atom. The van der Waals surface area contributed by atoms with Crippen LogP contribution in [0.25, 0.3) is 0 Å². The molecule has 8 heteroatoms. The molecule has 0 unspecified atom stereocenters. The number of benzene rings is 1. The van der Waals surface area contributed by atoms with Gasteiger partial charge in [0.25, 0.3) is 11.8 Å². The molecule has 2 aliphatic rings. The number of carbonyl (C=O) groups excluding carboxylic acids is 2. The van der Waals surface area contributed by atoms with E-state index in [-0.39, 0.29) is 17.7 Å². The van der Waals surface area contributed by atoms with Crippen LogP contribution in [0.5, 0.6) is 0 Å². The van der Waals surface area contributed by atoms with Crippen molar-refractivity contribution in [2.75, 3.05) is 18.4 Å². The molecule has 1 aromatic carbocycles. The summed E-state index contributed by atoms with van der Waals surface area (Å²) >= 11 is 0. The molecule has 3 aromatic rings. The minimum absolute atomic E-state index is 0.0859. The van der Waals surface area contributed by atoms with Crippen LogP contribution in [0.1, 0.15) is 27.0 Å². The Bertz CT molecular complexity index is 1010. The van der Waals surface area contributed by atoms with Crippen LogP contribution < -0.4 is 5.32 Å². The lowest BCUT2D eigenvalue weighted by atomic mass is 9.89. The number of aromatic nitrogens is 3. The number of hydrogen-bond donors (Lipinski definition) is 1. The van der Waals surface area contributed by atoms with E-state index in [1.807, 2.05) is 39.8 Å². The summed E-state index contributed by atoms with van der Waals surface area (Å²) in [5.74, 6) is 1.70. The predicted octanol–water partition coefficient (Wildman–Crippen LogP) is 2.07. The van der Waals surface area contributed by atoms with Crippen LogP contribution in [0.2, 0.25) is 0 Å². The van der Waals surface area contributed by atoms with E-state index in [4.69, 9.17) is 4.42 Å². The van der Waals surface area contributed by atoms with E-state index in [2.05, 4.69) is 15.5 Å². The third kappa shape index (κ3) is 2.87. The Labute approximate surface area is 161 Å². The average Bonchev–Trinajstić information content (AvgIpc) is 3.45. The Hall–Kier alpha value is -3.42. The van der Waals surface area contributed by atoms with Crippen molar-refractivity contribution in [3.05, 3.63) is 66.1 Å². The first-order valence-electron chi connectivity index (χ1n) is 9.30. The second-order valence-corrected chi connectivity index (χ2v) is 7.28. The lowest BCUT2D eigenvalue weighted by Crippen LogP contribution is -2.31. The molecule has 2 amide bonds. The summed E-state index contributed by atoms with van der Waals surface area (Å²) in [7, 11) is 0. The van der Waals surface area contributed by atoms with E-state index in [1.165, 1.54) is 6.26 Å². The van der Waals surface area contributed by atoms with Gasteiger partial charge in [-0.15, -0.1) is 10.2 Å². The van der Waals surface area contributed by atoms with Gasteiger partial charge in [-0.1, -0.05) is 18.2 Å². The minimum Gasteiger partial charge on any atom is -0.459 e. The minimum atomic E-state index is -0.273. The van der Waals surface area contributed by atoms with Gasteiger partial charge in [0.15, 0.2) is 5.76 Å². The Balaban J connectivity index is 1.32. The molecule has 1 saturated heterocycles. The first kappa shape index (κ1) is 16.7. The van der Waals surface area contributed by atoms with Crippen molar-refractivity contribution in [1.29, 1.82) is 0 Å². The van der Waals surface area contributed by atoms with Crippen molar-refractivity contribution in [1.82, 2.24) is 19.7 Å². The Morgan fingerprint density at radius 1 is 1.00 bits per heavy atom. The van der Waals surface area contributed by atoms with Crippen molar-refractivity contribution >= 4 is 17.5 Å². The summed E-state index contributed by atoms with van der Waals surface area (Å²) in [4.78, 5) is 27.1. The van der Waals surface area contributed by atoms with E-state index >= 15 is 0 Å². The molecule has 5 rings (SSSR count). The molecular formula is C20H19N5O3. The summed E-state index contributed by atoms with van der Waals surface area (Å²) in [6, 6.07) is 12.7. The van der Waals surface area contributed by atoms with Crippen LogP contribution in [-0.4, -0.2) is 44.6 Å². The summed E-state index contributed by atoms with van der Waals surface area (Å²) < 4.78 is 7.13. The van der Waals surface area contributed by atoms with Gasteiger partial charge in [0.2, 0.25) is 5.82 Å². The van der Waals surface area contributed by atoms with Gasteiger partial charge in [-0.05, 0) is 36.1 Å². The number of likely N-dealkylation sites (tertiary alicyclic amines) is 1. The van der Waals surface area contributed by atoms with Crippen molar-refractivity contribution in [2.45, 2.75) is 13.0 Å². The highest BCUT2D eigenvalue weighted by atomic mass is 16.3. The zero-order valence-corrected chi connectivity index (χ0v) is 15.1. The molecule has 28 heavy (non-hydrogen) atoms. The van der Waals surface area contributed by atoms with Gasteiger partial charge in [0.05, 0.1) is 6.26 Å². The molecule has 8 nitrogen and oxygen atoms in total. The standard InChI is InChI=1S/C20H19N5O3/c26-19(21-15-5-2-1-3-6-15)18-23-22-17-9-13-10-24(11-14(13)12-25(17)18)20(27)16-7-4-8-28-16/h1-8,13-14H,9-12H2,(H,21,26)/t13-,14-/m0/s1. The number of hydrogen-bond acceptors (Lipinski definition) is 5. The second-order valence-electron chi connectivity index (χ2n) is 7.28. The maximum absolute atomic E-state index is 12.7. The molecule has 1 N–H and O–H groups in total. The first-order valence-corrected chi connectivity index (χ1v) is 9.30. The zero-order valence-electron chi connectivity index (χ0n) is 15.1. The van der Waals surface area contributed by atoms with Crippen LogP contribution in [0.3, 0.4) is 0 Å². The number of para-hydroxylation sites is 1. The zero-order chi connectivity index (χ0) is 19.1. The lowest BCUT2D eigenvalue weighted by Gasteiger charge is -2.25. The highest BCUT2D eigenvalue weighted by Crippen LogP contribution is 2.33. The number of carbonyl (C=O) groups is 2. The molecule has 1 fully saturated rings. The van der Waals surface area contributed by atoms with Gasteiger partial charge >= 0.3 is 0 Å². The number of furan rings is 1. The molecule has 142 valence electrons. The number of rotatable bonds is 3. The largest absolute Gasteiger partial charge is 0.459 e. The first-order chi connectivity index (χ1) is 13.7. The fraction of sp³-hybridized carbons (Fsp3) is 0.300. The van der Waals surface area contributed by atoms with Gasteiger partial charge in [0, 0.05) is 31.7 Å². The molecule has 0 spiro atoms. The van der Waals surface area contributed by atoms with Gasteiger partial charge in [0.1, 0.15) is 5.82 Å². The van der Waals surface area contributed by atoms with Crippen molar-refractivity contribution < 1.29 is 14.0 Å². The monoisotopic (exact) mass is 377 g/mol. The summed E-state index contributed by atoms with van der Waals surface area (Å²) in [5.41, 5.74) is 0.717. The molecule has 2 atom stereocenters. The van der Waals surface area contributed by atoms with Crippen LogP contribution >= 0.6 is 0 Å². The van der Waals surface area contributed by atoms with Crippen molar-refractivity contribution in [3.8, 4) is 0 Å². The van der Waals surface area contributed by atoms with Gasteiger partial charge in [-0.25, -0.2) is 0 Å². The summed E-state index contributed by atoms with van der Waals surface area (Å²) in [5, 5.41) is 11.2. The number of anilines is 1. The topological polar surface area (TPSA) is 93.3 Å². The fourth-order valence-corrected chi connectivity index (χ4v) is 4.12. The van der Waals surface area contributed by atoms with Crippen LogP contribution in [0, 0.1) is 11.8 Å². The number of amides is 2. The predicted molar refractivity (Wildman–Crippen MR) is 99.7 cm³/mol.